The number of benzene rings is 1. The Kier molecular flexibility index (Phi) is 3.29. The minimum Gasteiger partial charge on any atom is -0.274 e. The molecule has 1 heterocycles. The SMILES string of the molecule is C=CC[C@@H]1CC(=O)N(c2ccc(Cl)cc2)C1=O. The smallest absolute Gasteiger partial charge is 0.237 e. The fourth-order valence-corrected chi connectivity index (χ4v) is 2.07. The van der Waals surface area contributed by atoms with Crippen molar-refractivity contribution < 1.29 is 9.59 Å². The Labute approximate surface area is 105 Å². The highest BCUT2D eigenvalue weighted by Gasteiger charge is 2.38. The van der Waals surface area contributed by atoms with Gasteiger partial charge in [0.1, 0.15) is 0 Å². The lowest BCUT2D eigenvalue weighted by Gasteiger charge is -2.14. The summed E-state index contributed by atoms with van der Waals surface area (Å²) in [5.41, 5.74) is 0.580. The molecule has 1 aromatic rings. The lowest BCUT2D eigenvalue weighted by Crippen LogP contribution is -2.30. The van der Waals surface area contributed by atoms with E-state index in [0.717, 1.165) is 0 Å². The Morgan fingerprint density at radius 3 is 2.59 bits per heavy atom. The van der Waals surface area contributed by atoms with Crippen LogP contribution in [0.15, 0.2) is 36.9 Å². The Balaban J connectivity index is 2.27. The first-order valence-electron chi connectivity index (χ1n) is 5.36. The van der Waals surface area contributed by atoms with Gasteiger partial charge >= 0.3 is 0 Å². The summed E-state index contributed by atoms with van der Waals surface area (Å²) in [5.74, 6) is -0.586. The maximum atomic E-state index is 12.0. The topological polar surface area (TPSA) is 37.4 Å². The lowest BCUT2D eigenvalue weighted by molar-refractivity contribution is -0.122. The number of nitrogens with zero attached hydrogens (tertiary/aromatic N) is 1. The third-order valence-electron chi connectivity index (χ3n) is 2.78. The van der Waals surface area contributed by atoms with Crippen molar-refractivity contribution in [3.63, 3.8) is 0 Å². The standard InChI is InChI=1S/C13H12ClNO2/c1-2-3-9-8-12(16)15(13(9)17)11-6-4-10(14)5-7-11/h2,4-7,9H,1,3,8H2/t9-/m1/s1. The molecule has 0 unspecified atom stereocenters. The van der Waals surface area contributed by atoms with Crippen LogP contribution in [0.3, 0.4) is 0 Å². The minimum atomic E-state index is -0.268. The largest absolute Gasteiger partial charge is 0.274 e. The van der Waals surface area contributed by atoms with Crippen molar-refractivity contribution in [1.29, 1.82) is 0 Å². The molecule has 0 bridgehead atoms. The second-order valence-electron chi connectivity index (χ2n) is 3.97. The highest BCUT2D eigenvalue weighted by Crippen LogP contribution is 2.29. The minimum absolute atomic E-state index is 0.155. The molecule has 17 heavy (non-hydrogen) atoms. The maximum Gasteiger partial charge on any atom is 0.237 e. The number of rotatable bonds is 3. The number of amides is 2. The van der Waals surface area contributed by atoms with Crippen molar-refractivity contribution in [1.82, 2.24) is 0 Å². The monoisotopic (exact) mass is 249 g/mol. The predicted octanol–water partition coefficient (Wildman–Crippen LogP) is 2.80. The predicted molar refractivity (Wildman–Crippen MR) is 66.9 cm³/mol. The summed E-state index contributed by atoms with van der Waals surface area (Å²) in [7, 11) is 0. The molecule has 0 radical (unpaired) electrons. The fraction of sp³-hybridized carbons (Fsp3) is 0.231. The van der Waals surface area contributed by atoms with Crippen LogP contribution >= 0.6 is 11.6 Å². The molecule has 88 valence electrons. The summed E-state index contributed by atoms with van der Waals surface area (Å²) in [6, 6.07) is 6.68. The third kappa shape index (κ3) is 2.24. The van der Waals surface area contributed by atoms with Gasteiger partial charge in [0.15, 0.2) is 0 Å². The number of anilines is 1. The number of hydrogen-bond donors (Lipinski definition) is 0. The van der Waals surface area contributed by atoms with Gasteiger partial charge in [-0.05, 0) is 30.7 Å². The van der Waals surface area contributed by atoms with E-state index in [4.69, 9.17) is 11.6 Å². The molecular weight excluding hydrogens is 238 g/mol. The van der Waals surface area contributed by atoms with Gasteiger partial charge < -0.3 is 0 Å². The molecule has 1 atom stereocenters. The Bertz CT molecular complexity index is 467. The highest BCUT2D eigenvalue weighted by atomic mass is 35.5. The van der Waals surface area contributed by atoms with Crippen LogP contribution in [0.1, 0.15) is 12.8 Å². The Morgan fingerprint density at radius 1 is 1.35 bits per heavy atom. The van der Waals surface area contributed by atoms with Crippen LogP contribution in [-0.2, 0) is 9.59 Å². The van der Waals surface area contributed by atoms with E-state index >= 15 is 0 Å². The van der Waals surface area contributed by atoms with Crippen LogP contribution in [0.2, 0.25) is 5.02 Å². The van der Waals surface area contributed by atoms with Gasteiger partial charge in [-0.25, -0.2) is 0 Å². The molecular formula is C13H12ClNO2. The van der Waals surface area contributed by atoms with Crippen molar-refractivity contribution in [3.8, 4) is 0 Å². The van der Waals surface area contributed by atoms with Crippen LogP contribution in [-0.4, -0.2) is 11.8 Å². The number of carbonyl (C=O) groups is 2. The quantitative estimate of drug-likeness (QED) is 0.610. The van der Waals surface area contributed by atoms with Crippen molar-refractivity contribution in [2.24, 2.45) is 5.92 Å². The average Bonchev–Trinajstić information content (AvgIpc) is 2.57. The molecule has 2 rings (SSSR count). The number of halogens is 1. The third-order valence-corrected chi connectivity index (χ3v) is 3.03. The molecule has 0 N–H and O–H groups in total. The number of carbonyl (C=O) groups excluding carboxylic acids is 2. The van der Waals surface area contributed by atoms with Gasteiger partial charge in [0.05, 0.1) is 11.6 Å². The van der Waals surface area contributed by atoms with E-state index < -0.39 is 0 Å². The van der Waals surface area contributed by atoms with Crippen LogP contribution in [0.5, 0.6) is 0 Å². The fourth-order valence-electron chi connectivity index (χ4n) is 1.94. The highest BCUT2D eigenvalue weighted by molar-refractivity contribution is 6.30. The number of hydrogen-bond acceptors (Lipinski definition) is 2. The first-order valence-corrected chi connectivity index (χ1v) is 5.74. The maximum absolute atomic E-state index is 12.0. The second-order valence-corrected chi connectivity index (χ2v) is 4.41. The summed E-state index contributed by atoms with van der Waals surface area (Å²) in [4.78, 5) is 25.0. The molecule has 4 heteroatoms. The van der Waals surface area contributed by atoms with Crippen molar-refractivity contribution >= 4 is 29.1 Å². The summed E-state index contributed by atoms with van der Waals surface area (Å²) < 4.78 is 0. The van der Waals surface area contributed by atoms with E-state index in [1.807, 2.05) is 0 Å². The molecule has 1 aliphatic heterocycles. The van der Waals surface area contributed by atoms with Gasteiger partial charge in [-0.3, -0.25) is 14.5 Å². The lowest BCUT2D eigenvalue weighted by atomic mass is 10.0. The van der Waals surface area contributed by atoms with Crippen LogP contribution < -0.4 is 4.90 Å². The first-order chi connectivity index (χ1) is 8.13. The van der Waals surface area contributed by atoms with Crippen molar-refractivity contribution in [2.45, 2.75) is 12.8 Å². The normalized spacial score (nSPS) is 19.8. The van der Waals surface area contributed by atoms with E-state index in [0.29, 0.717) is 17.1 Å². The van der Waals surface area contributed by atoms with Crippen molar-refractivity contribution in [3.05, 3.63) is 41.9 Å². The van der Waals surface area contributed by atoms with Gasteiger partial charge in [0, 0.05) is 11.4 Å². The van der Waals surface area contributed by atoms with Crippen LogP contribution in [0, 0.1) is 5.92 Å². The van der Waals surface area contributed by atoms with Gasteiger partial charge in [-0.2, -0.15) is 0 Å². The zero-order valence-electron chi connectivity index (χ0n) is 9.23. The van der Waals surface area contributed by atoms with Crippen LogP contribution in [0.25, 0.3) is 0 Å². The zero-order chi connectivity index (χ0) is 12.4. The van der Waals surface area contributed by atoms with Gasteiger partial charge in [-0.1, -0.05) is 17.7 Å². The van der Waals surface area contributed by atoms with E-state index in [1.165, 1.54) is 4.90 Å². The van der Waals surface area contributed by atoms with E-state index in [9.17, 15) is 9.59 Å². The molecule has 0 aromatic heterocycles. The van der Waals surface area contributed by atoms with Crippen molar-refractivity contribution in [2.75, 3.05) is 4.90 Å². The molecule has 1 aliphatic rings. The molecule has 3 nitrogen and oxygen atoms in total. The Hall–Kier alpha value is -1.61. The molecule has 0 aliphatic carbocycles. The molecule has 2 amide bonds. The molecule has 1 saturated heterocycles. The molecule has 1 aromatic carbocycles. The van der Waals surface area contributed by atoms with Crippen LogP contribution in [0.4, 0.5) is 5.69 Å². The van der Waals surface area contributed by atoms with E-state index in [1.54, 1.807) is 30.3 Å². The van der Waals surface area contributed by atoms with E-state index in [-0.39, 0.29) is 24.2 Å². The van der Waals surface area contributed by atoms with Gasteiger partial charge in [0.25, 0.3) is 0 Å². The number of imide groups is 1. The van der Waals surface area contributed by atoms with Gasteiger partial charge in [0.2, 0.25) is 11.8 Å². The Morgan fingerprint density at radius 2 is 2.00 bits per heavy atom. The summed E-state index contributed by atoms with van der Waals surface area (Å²) in [5, 5.41) is 0.579. The zero-order valence-corrected chi connectivity index (χ0v) is 9.98. The summed E-state index contributed by atoms with van der Waals surface area (Å²) in [6.07, 6.45) is 2.46. The number of allylic oxidation sites excluding steroid dienone is 1. The first kappa shape index (κ1) is 11.9. The summed E-state index contributed by atoms with van der Waals surface area (Å²) in [6.45, 7) is 3.59. The van der Waals surface area contributed by atoms with E-state index in [2.05, 4.69) is 6.58 Å². The van der Waals surface area contributed by atoms with Gasteiger partial charge in [-0.15, -0.1) is 6.58 Å². The average molecular weight is 250 g/mol. The molecule has 0 spiro atoms. The summed E-state index contributed by atoms with van der Waals surface area (Å²) >= 11 is 5.77. The molecule has 1 fully saturated rings. The second kappa shape index (κ2) is 4.72. The molecule has 0 saturated carbocycles.